The van der Waals surface area contributed by atoms with E-state index >= 15 is 0 Å². The second-order valence-corrected chi connectivity index (χ2v) is 13.6. The quantitative estimate of drug-likeness (QED) is 0.199. The molecule has 51 heavy (non-hydrogen) atoms. The summed E-state index contributed by atoms with van der Waals surface area (Å²) in [5, 5.41) is 14.8. The Labute approximate surface area is 291 Å². The third-order valence-corrected chi connectivity index (χ3v) is 10.9. The van der Waals surface area contributed by atoms with Crippen LogP contribution in [0.15, 0.2) is 161 Å². The largest absolute Gasteiger partial charge is 0.455 e. The van der Waals surface area contributed by atoms with E-state index in [2.05, 4.69) is 159 Å². The molecule has 0 amide bonds. The van der Waals surface area contributed by atoms with Gasteiger partial charge < -0.3 is 18.5 Å². The van der Waals surface area contributed by atoms with Crippen LogP contribution in [0.4, 0.5) is 0 Å². The molecule has 5 heterocycles. The van der Waals surface area contributed by atoms with Gasteiger partial charge in [-0.05, 0) is 48.0 Å². The lowest BCUT2D eigenvalue weighted by Gasteiger charge is -2.32. The van der Waals surface area contributed by atoms with Crippen molar-refractivity contribution in [3.8, 4) is 0 Å². The first-order valence-electron chi connectivity index (χ1n) is 17.5. The monoisotopic (exact) mass is 655 g/mol. The molecule has 1 aliphatic rings. The van der Waals surface area contributed by atoms with Gasteiger partial charge in [-0.3, -0.25) is 5.32 Å². The van der Waals surface area contributed by atoms with Crippen molar-refractivity contribution in [2.24, 2.45) is 4.99 Å². The predicted octanol–water partition coefficient (Wildman–Crippen LogP) is 10.5. The van der Waals surface area contributed by atoms with E-state index in [0.717, 1.165) is 66.5 Å². The number of furan rings is 1. The van der Waals surface area contributed by atoms with Gasteiger partial charge in [0, 0.05) is 32.7 Å². The van der Waals surface area contributed by atoms with Gasteiger partial charge in [0.2, 0.25) is 0 Å². The Bertz CT molecular complexity index is 3210. The predicted molar refractivity (Wildman–Crippen MR) is 208 cm³/mol. The number of nitrogens with zero attached hydrogens (tertiary/aromatic N) is 3. The molecule has 0 aliphatic carbocycles. The van der Waals surface area contributed by atoms with Crippen molar-refractivity contribution in [2.75, 3.05) is 0 Å². The molecule has 2 N–H and O–H groups in total. The van der Waals surface area contributed by atoms with Crippen molar-refractivity contribution >= 4 is 82.4 Å². The van der Waals surface area contributed by atoms with Crippen molar-refractivity contribution in [2.45, 2.75) is 12.3 Å². The molecule has 11 aromatic rings. The Kier molecular flexibility index (Phi) is 5.32. The average molecular weight is 656 g/mol. The van der Waals surface area contributed by atoms with Crippen molar-refractivity contribution < 1.29 is 4.42 Å². The fourth-order valence-electron chi connectivity index (χ4n) is 8.77. The third-order valence-electron chi connectivity index (χ3n) is 10.9. The lowest BCUT2D eigenvalue weighted by molar-refractivity contribution is 0.408. The first kappa shape index (κ1) is 27.2. The molecule has 12 rings (SSSR count). The van der Waals surface area contributed by atoms with Crippen molar-refractivity contribution in [3.05, 3.63) is 168 Å². The fourth-order valence-corrected chi connectivity index (χ4v) is 8.77. The van der Waals surface area contributed by atoms with Gasteiger partial charge in [-0.25, -0.2) is 4.99 Å². The Balaban J connectivity index is 1.27. The van der Waals surface area contributed by atoms with E-state index in [1.165, 1.54) is 32.6 Å². The Morgan fingerprint density at radius 3 is 1.82 bits per heavy atom. The minimum atomic E-state index is -0.297. The summed E-state index contributed by atoms with van der Waals surface area (Å²) in [5.74, 6) is 0.845. The van der Waals surface area contributed by atoms with E-state index in [1.807, 2.05) is 12.1 Å². The van der Waals surface area contributed by atoms with Crippen LogP contribution >= 0.6 is 0 Å². The van der Waals surface area contributed by atoms with E-state index < -0.39 is 0 Å². The molecule has 4 aromatic heterocycles. The minimum Gasteiger partial charge on any atom is -0.455 e. The molecule has 6 nitrogen and oxygen atoms in total. The maximum atomic E-state index is 7.12. The van der Waals surface area contributed by atoms with Gasteiger partial charge in [-0.15, -0.1) is 0 Å². The number of hydrogen-bond acceptors (Lipinski definition) is 4. The zero-order valence-electron chi connectivity index (χ0n) is 27.3. The number of fused-ring (bicyclic) bond motifs is 9. The maximum absolute atomic E-state index is 7.12. The summed E-state index contributed by atoms with van der Waals surface area (Å²) in [6.07, 6.45) is -0.557. The van der Waals surface area contributed by atoms with E-state index in [-0.39, 0.29) is 12.3 Å². The average Bonchev–Trinajstić information content (AvgIpc) is 3.85. The highest BCUT2D eigenvalue weighted by Crippen LogP contribution is 2.47. The molecule has 0 bridgehead atoms. The first-order chi connectivity index (χ1) is 25.3. The van der Waals surface area contributed by atoms with Crippen LogP contribution in [0.3, 0.4) is 0 Å². The first-order valence-corrected chi connectivity index (χ1v) is 17.5. The summed E-state index contributed by atoms with van der Waals surface area (Å²) >= 11 is 0. The molecule has 0 saturated heterocycles. The molecule has 0 fully saturated rings. The molecule has 7 aromatic carbocycles. The summed E-state index contributed by atoms with van der Waals surface area (Å²) in [4.78, 5) is 5.20. The normalized spacial score (nSPS) is 16.8. The lowest BCUT2D eigenvalue weighted by atomic mass is 9.99. The Morgan fingerprint density at radius 1 is 0.529 bits per heavy atom. The van der Waals surface area contributed by atoms with Crippen LogP contribution in [-0.2, 0) is 0 Å². The van der Waals surface area contributed by atoms with Gasteiger partial charge in [0.05, 0.1) is 43.9 Å². The summed E-state index contributed by atoms with van der Waals surface area (Å²) in [6, 6.07) is 53.9. The molecule has 2 unspecified atom stereocenters. The Hall–Kier alpha value is -6.63. The standard InChI is InChI=1S/C45H29N5O/c1-3-13-26(14-4-1)43-46-44(27-15-5-2-6-16-27)48-45(47-43)32-25-31-29-18-8-10-20-34(29)50-36-22-12-11-21-35(36)49-33-19-9-7-17-28(33)30-23-24-37-38(40(30)49)39(41(31)50)42(32)51-37/h1-25,43,45,47H,(H,46,48). The van der Waals surface area contributed by atoms with E-state index in [0.29, 0.717) is 0 Å². The van der Waals surface area contributed by atoms with Gasteiger partial charge in [-0.2, -0.15) is 0 Å². The van der Waals surface area contributed by atoms with Crippen LogP contribution < -0.4 is 10.6 Å². The van der Waals surface area contributed by atoms with Crippen molar-refractivity contribution in [1.82, 2.24) is 19.4 Å². The summed E-state index contributed by atoms with van der Waals surface area (Å²) < 4.78 is 12.0. The smallest absolute Gasteiger partial charge is 0.144 e. The lowest BCUT2D eigenvalue weighted by Crippen LogP contribution is -2.45. The number of aromatic nitrogens is 2. The number of aliphatic imine (C=N–C) groups is 1. The highest BCUT2D eigenvalue weighted by atomic mass is 16.3. The van der Waals surface area contributed by atoms with Crippen LogP contribution in [0.5, 0.6) is 0 Å². The molecular formula is C45H29N5O. The molecule has 0 radical (unpaired) electrons. The molecule has 0 spiro atoms. The highest BCUT2D eigenvalue weighted by Gasteiger charge is 2.31. The maximum Gasteiger partial charge on any atom is 0.144 e. The highest BCUT2D eigenvalue weighted by molar-refractivity contribution is 6.32. The van der Waals surface area contributed by atoms with Crippen LogP contribution in [0.2, 0.25) is 0 Å². The molecule has 1 aliphatic heterocycles. The van der Waals surface area contributed by atoms with Crippen molar-refractivity contribution in [1.29, 1.82) is 0 Å². The number of hydrogen-bond donors (Lipinski definition) is 2. The molecular weight excluding hydrogens is 627 g/mol. The van der Waals surface area contributed by atoms with Gasteiger partial charge in [-0.1, -0.05) is 109 Å². The van der Waals surface area contributed by atoms with Crippen LogP contribution in [0.1, 0.15) is 29.0 Å². The number of rotatable bonds is 3. The minimum absolute atomic E-state index is 0.260. The third kappa shape index (κ3) is 3.61. The molecule has 2 atom stereocenters. The Morgan fingerprint density at radius 2 is 1.12 bits per heavy atom. The van der Waals surface area contributed by atoms with Crippen LogP contribution in [-0.4, -0.2) is 14.6 Å². The zero-order chi connectivity index (χ0) is 33.2. The molecule has 6 heteroatoms. The van der Waals surface area contributed by atoms with Gasteiger partial charge in [0.25, 0.3) is 0 Å². The van der Waals surface area contributed by atoms with Crippen LogP contribution in [0.25, 0.3) is 76.6 Å². The topological polar surface area (TPSA) is 58.4 Å². The second-order valence-electron chi connectivity index (χ2n) is 13.6. The molecule has 240 valence electrons. The SMILES string of the molecule is c1ccc(C2=NC(c3ccccc3)NC(c3cc4c5ccccc5n5c6ccccc6n6c7ccccc7c7ccc8oc3c(c8c76)c45)N2)cc1. The van der Waals surface area contributed by atoms with Gasteiger partial charge in [0.15, 0.2) is 0 Å². The van der Waals surface area contributed by atoms with E-state index in [1.54, 1.807) is 0 Å². The van der Waals surface area contributed by atoms with Gasteiger partial charge in [0.1, 0.15) is 29.3 Å². The summed E-state index contributed by atoms with van der Waals surface area (Å²) in [7, 11) is 0. The number of benzene rings is 7. The fraction of sp³-hybridized carbons (Fsp3) is 0.0444. The van der Waals surface area contributed by atoms with E-state index in [4.69, 9.17) is 9.41 Å². The number of amidine groups is 1. The summed E-state index contributed by atoms with van der Waals surface area (Å²) in [5.41, 5.74) is 11.9. The van der Waals surface area contributed by atoms with Crippen LogP contribution in [0, 0.1) is 0 Å². The number of para-hydroxylation sites is 4. The summed E-state index contributed by atoms with van der Waals surface area (Å²) in [6.45, 7) is 0. The molecule has 0 saturated carbocycles. The second kappa shape index (κ2) is 9.97. The zero-order valence-corrected chi connectivity index (χ0v) is 27.3. The number of nitrogens with one attached hydrogen (secondary N) is 2. The van der Waals surface area contributed by atoms with Crippen molar-refractivity contribution in [3.63, 3.8) is 0 Å². The van der Waals surface area contributed by atoms with E-state index in [9.17, 15) is 0 Å². The van der Waals surface area contributed by atoms with Gasteiger partial charge >= 0.3 is 0 Å².